The molecule has 1 atom stereocenters. The zero-order valence-electron chi connectivity index (χ0n) is 30.6. The second-order valence-corrected chi connectivity index (χ2v) is 14.1. The minimum atomic E-state index is -0.975. The third kappa shape index (κ3) is 11.7. The Balaban J connectivity index is 1.54. The van der Waals surface area contributed by atoms with Crippen LogP contribution in [-0.4, -0.2) is 79.7 Å². The molecule has 14 heteroatoms. The number of amides is 3. The van der Waals surface area contributed by atoms with E-state index in [-0.39, 0.29) is 60.1 Å². The number of nitro groups is 2. The van der Waals surface area contributed by atoms with Crippen molar-refractivity contribution >= 4 is 47.2 Å². The van der Waals surface area contributed by atoms with Crippen LogP contribution in [0.4, 0.5) is 16.2 Å². The number of likely N-dealkylation sites (tertiary alicyclic amines) is 1. The molecule has 0 aromatic heterocycles. The van der Waals surface area contributed by atoms with Gasteiger partial charge >= 0.3 is 6.09 Å². The number of nitrogens with one attached hydrogen (secondary N) is 1. The maximum absolute atomic E-state index is 14.3. The number of carbonyl (C=O) groups excluding carboxylic acids is 3. The first kappa shape index (κ1) is 40.6. The average Bonchev–Trinajstić information content (AvgIpc) is 3.12. The van der Waals surface area contributed by atoms with Crippen LogP contribution in [0.25, 0.3) is 12.2 Å². The predicted octanol–water partition coefficient (Wildman–Crippen LogP) is 6.84. The zero-order chi connectivity index (χ0) is 39.4. The van der Waals surface area contributed by atoms with E-state index in [4.69, 9.17) is 0 Å². The Morgan fingerprint density at radius 2 is 1.31 bits per heavy atom. The van der Waals surface area contributed by atoms with Crippen LogP contribution >= 0.6 is 0 Å². The van der Waals surface area contributed by atoms with E-state index in [1.54, 1.807) is 12.2 Å². The van der Waals surface area contributed by atoms with Gasteiger partial charge in [-0.15, -0.1) is 0 Å². The maximum Gasteiger partial charge on any atom is 0.407 e. The van der Waals surface area contributed by atoms with Gasteiger partial charge in [0, 0.05) is 73.4 Å². The first-order chi connectivity index (χ1) is 25.6. The fraction of sp³-hybridized carbons (Fsp3) is 0.350. The van der Waals surface area contributed by atoms with Crippen molar-refractivity contribution in [1.29, 1.82) is 0 Å². The van der Waals surface area contributed by atoms with Crippen LogP contribution in [0.3, 0.4) is 0 Å². The van der Waals surface area contributed by atoms with E-state index in [1.165, 1.54) is 58.3 Å². The van der Waals surface area contributed by atoms with E-state index in [0.717, 1.165) is 12.0 Å². The van der Waals surface area contributed by atoms with Gasteiger partial charge in [0.05, 0.1) is 9.85 Å². The summed E-state index contributed by atoms with van der Waals surface area (Å²) in [4.78, 5) is 77.2. The number of nitrogens with zero attached hydrogens (tertiary/aromatic N) is 4. The van der Waals surface area contributed by atoms with Crippen LogP contribution < -0.4 is 5.32 Å². The molecule has 0 spiro atoms. The second-order valence-electron chi connectivity index (χ2n) is 14.1. The van der Waals surface area contributed by atoms with Crippen LogP contribution in [0, 0.1) is 20.2 Å². The van der Waals surface area contributed by atoms with Gasteiger partial charge in [0.15, 0.2) is 5.78 Å². The minimum Gasteiger partial charge on any atom is -0.465 e. The van der Waals surface area contributed by atoms with Gasteiger partial charge in [-0.2, -0.15) is 0 Å². The van der Waals surface area contributed by atoms with Crippen LogP contribution in [0.1, 0.15) is 69.6 Å². The summed E-state index contributed by atoms with van der Waals surface area (Å²) < 4.78 is 0. The van der Waals surface area contributed by atoms with Gasteiger partial charge in [0.1, 0.15) is 6.04 Å². The Morgan fingerprint density at radius 1 is 0.815 bits per heavy atom. The number of carboxylic acid groups (broad SMARTS) is 1. The molecule has 4 rings (SSSR count). The molecule has 14 nitrogen and oxygen atoms in total. The molecule has 284 valence electrons. The molecule has 3 aromatic carbocycles. The van der Waals surface area contributed by atoms with E-state index in [1.807, 2.05) is 51.1 Å². The number of Topliss-reactive ketones (excluding diaryl/α,β-unsaturated/α-hetero) is 1. The van der Waals surface area contributed by atoms with Crippen molar-refractivity contribution in [2.24, 2.45) is 0 Å². The highest BCUT2D eigenvalue weighted by molar-refractivity contribution is 6.15. The highest BCUT2D eigenvalue weighted by Gasteiger charge is 2.33. The number of benzene rings is 3. The molecule has 3 aromatic rings. The largest absolute Gasteiger partial charge is 0.465 e. The number of ketones is 1. The van der Waals surface area contributed by atoms with Gasteiger partial charge in [0.2, 0.25) is 11.8 Å². The minimum absolute atomic E-state index is 0.0880. The summed E-state index contributed by atoms with van der Waals surface area (Å²) >= 11 is 0. The number of rotatable bonds is 15. The van der Waals surface area contributed by atoms with Crippen molar-refractivity contribution in [3.63, 3.8) is 0 Å². The van der Waals surface area contributed by atoms with Gasteiger partial charge in [-0.3, -0.25) is 34.6 Å². The molecule has 1 saturated heterocycles. The van der Waals surface area contributed by atoms with E-state index in [9.17, 15) is 44.5 Å². The monoisotopic (exact) mass is 739 g/mol. The average molecular weight is 740 g/mol. The Hall–Kier alpha value is -6.18. The van der Waals surface area contributed by atoms with Crippen LogP contribution in [-0.2, 0) is 20.8 Å². The molecule has 0 radical (unpaired) electrons. The molecular formula is C40H45N5O9. The number of hydrogen-bond acceptors (Lipinski definition) is 8. The molecule has 3 amide bonds. The van der Waals surface area contributed by atoms with E-state index >= 15 is 0 Å². The fourth-order valence-corrected chi connectivity index (χ4v) is 6.15. The molecule has 1 unspecified atom stereocenters. The smallest absolute Gasteiger partial charge is 0.407 e. The van der Waals surface area contributed by atoms with Crippen molar-refractivity contribution in [3.8, 4) is 0 Å². The number of carbonyl (C=O) groups is 4. The zero-order valence-corrected chi connectivity index (χ0v) is 30.6. The molecule has 1 fully saturated rings. The topological polar surface area (TPSA) is 193 Å². The van der Waals surface area contributed by atoms with Crippen molar-refractivity contribution in [2.45, 2.75) is 70.9 Å². The Bertz CT molecular complexity index is 1820. The van der Waals surface area contributed by atoms with Gasteiger partial charge in [-0.25, -0.2) is 4.79 Å². The van der Waals surface area contributed by atoms with Gasteiger partial charge < -0.3 is 20.2 Å². The van der Waals surface area contributed by atoms with Crippen LogP contribution in [0.2, 0.25) is 0 Å². The van der Waals surface area contributed by atoms with E-state index < -0.39 is 33.4 Å². The van der Waals surface area contributed by atoms with Gasteiger partial charge in [0.25, 0.3) is 11.4 Å². The summed E-state index contributed by atoms with van der Waals surface area (Å²) in [6.07, 6.45) is 5.14. The third-order valence-electron chi connectivity index (χ3n) is 9.00. The number of non-ortho nitro benzene ring substituents is 2. The first-order valence-electron chi connectivity index (χ1n) is 17.7. The summed E-state index contributed by atoms with van der Waals surface area (Å²) in [5, 5.41) is 34.8. The molecule has 0 bridgehead atoms. The summed E-state index contributed by atoms with van der Waals surface area (Å²) in [5.41, 5.74) is 1.57. The van der Waals surface area contributed by atoms with Crippen molar-refractivity contribution in [2.75, 3.05) is 19.6 Å². The highest BCUT2D eigenvalue weighted by atomic mass is 16.6. The highest BCUT2D eigenvalue weighted by Crippen LogP contribution is 2.25. The summed E-state index contributed by atoms with van der Waals surface area (Å²) in [6, 6.07) is 19.5. The maximum atomic E-state index is 14.3. The number of unbranched alkanes of at least 4 members (excludes halogenated alkanes) is 3. The lowest BCUT2D eigenvalue weighted by atomic mass is 9.93. The number of nitro benzene ring substituents is 2. The summed E-state index contributed by atoms with van der Waals surface area (Å²) in [5.74, 6) is -1.09. The summed E-state index contributed by atoms with van der Waals surface area (Å²) in [7, 11) is 0. The standard InChI is InChI=1S/C40H45N5O9/c1-40(2,3)43(39(49)50)22-10-5-4-9-13-36(46)41-35(25-28-11-7-6-8-12-28)38(48)42-26-31(23-29-14-18-33(19-15-29)44(51)52)37(47)32(27-42)24-30-16-20-34(21-17-30)45(53)54/h6-8,11-12,14-21,23-24,35H,4-5,9-10,13,22,25-27H2,1-3H3,(H,41,46)(H,49,50)/b31-23+,32-24+. The van der Waals surface area contributed by atoms with Crippen molar-refractivity contribution < 1.29 is 34.1 Å². The van der Waals surface area contributed by atoms with Crippen molar-refractivity contribution in [1.82, 2.24) is 15.1 Å². The van der Waals surface area contributed by atoms with Crippen molar-refractivity contribution in [3.05, 3.63) is 127 Å². The molecule has 1 aliphatic heterocycles. The first-order valence-corrected chi connectivity index (χ1v) is 17.7. The van der Waals surface area contributed by atoms with E-state index in [2.05, 4.69) is 5.32 Å². The molecule has 0 saturated carbocycles. The van der Waals surface area contributed by atoms with Gasteiger partial charge in [-0.05, 0) is 86.7 Å². The quantitative estimate of drug-likeness (QED) is 0.0727. The lowest BCUT2D eigenvalue weighted by Gasteiger charge is -2.33. The normalized spacial score (nSPS) is 15.2. The Morgan fingerprint density at radius 3 is 1.78 bits per heavy atom. The molecular weight excluding hydrogens is 694 g/mol. The van der Waals surface area contributed by atoms with E-state index in [0.29, 0.717) is 36.9 Å². The van der Waals surface area contributed by atoms with Crippen LogP contribution in [0.5, 0.6) is 0 Å². The fourth-order valence-electron chi connectivity index (χ4n) is 6.15. The predicted molar refractivity (Wildman–Crippen MR) is 203 cm³/mol. The summed E-state index contributed by atoms with van der Waals surface area (Å²) in [6.45, 7) is 5.73. The third-order valence-corrected chi connectivity index (χ3v) is 9.00. The molecule has 1 heterocycles. The Kier molecular flexibility index (Phi) is 13.9. The SMILES string of the molecule is CC(C)(C)N(CCCCCCC(=O)NC(Cc1ccccc1)C(=O)N1C/C(=C\c2ccc([N+](=O)[O-])cc2)C(=O)/C(=C/c2ccc([N+](=O)[O-])cc2)C1)C(=O)O. The van der Waals surface area contributed by atoms with Gasteiger partial charge in [-0.1, -0.05) is 43.2 Å². The second kappa shape index (κ2) is 18.5. The molecule has 2 N–H and O–H groups in total. The number of hydrogen-bond donors (Lipinski definition) is 2. The lowest BCUT2D eigenvalue weighted by Crippen LogP contribution is -2.52. The van der Waals surface area contributed by atoms with Crippen LogP contribution in [0.15, 0.2) is 90.0 Å². The lowest BCUT2D eigenvalue weighted by molar-refractivity contribution is -0.385. The number of piperidine rings is 1. The molecule has 0 aliphatic carbocycles. The molecule has 54 heavy (non-hydrogen) atoms. The Labute approximate surface area is 313 Å². The molecule has 1 aliphatic rings.